The molecule has 0 unspecified atom stereocenters. The Bertz CT molecular complexity index is 696. The molecule has 0 spiro atoms. The number of hydrogen-bond donors (Lipinski definition) is 0. The highest BCUT2D eigenvalue weighted by molar-refractivity contribution is 6.31. The first-order valence-corrected chi connectivity index (χ1v) is 8.43. The maximum Gasteiger partial charge on any atom is 0.227 e. The summed E-state index contributed by atoms with van der Waals surface area (Å²) in [6.45, 7) is 4.90. The summed E-state index contributed by atoms with van der Waals surface area (Å²) in [4.78, 5) is 14.6. The van der Waals surface area contributed by atoms with Crippen LogP contribution in [0.5, 0.6) is 0 Å². The van der Waals surface area contributed by atoms with Gasteiger partial charge in [0.25, 0.3) is 0 Å². The van der Waals surface area contributed by atoms with Gasteiger partial charge in [-0.3, -0.25) is 4.79 Å². The zero-order valence-corrected chi connectivity index (χ0v) is 14.2. The Morgan fingerprint density at radius 1 is 1.43 bits per heavy atom. The Hall–Kier alpha value is -1.81. The highest BCUT2D eigenvalue weighted by atomic mass is 35.5. The molecule has 1 saturated heterocycles. The van der Waals surface area contributed by atoms with E-state index in [9.17, 15) is 4.79 Å². The van der Waals surface area contributed by atoms with E-state index in [-0.39, 0.29) is 11.9 Å². The van der Waals surface area contributed by atoms with E-state index in [1.165, 1.54) is 0 Å². The summed E-state index contributed by atoms with van der Waals surface area (Å²) in [5.41, 5.74) is 1.73. The third-order valence-corrected chi connectivity index (χ3v) is 4.70. The molecule has 5 heteroatoms. The molecule has 2 aromatic rings. The van der Waals surface area contributed by atoms with Gasteiger partial charge in [0.15, 0.2) is 0 Å². The summed E-state index contributed by atoms with van der Waals surface area (Å²) in [6, 6.07) is 9.49. The SMILES string of the molecule is CC(C)c1cc([C@@H]2CCCN2C(=O)Cc2ccccc2Cl)no1. The van der Waals surface area contributed by atoms with E-state index in [2.05, 4.69) is 19.0 Å². The molecule has 2 heterocycles. The molecule has 1 atom stereocenters. The second kappa shape index (κ2) is 6.75. The molecule has 0 N–H and O–H groups in total. The van der Waals surface area contributed by atoms with E-state index in [4.69, 9.17) is 16.1 Å². The quantitative estimate of drug-likeness (QED) is 0.835. The van der Waals surface area contributed by atoms with Crippen molar-refractivity contribution in [1.82, 2.24) is 10.1 Å². The fourth-order valence-electron chi connectivity index (χ4n) is 3.01. The van der Waals surface area contributed by atoms with E-state index in [0.29, 0.717) is 17.4 Å². The van der Waals surface area contributed by atoms with Crippen molar-refractivity contribution in [1.29, 1.82) is 0 Å². The van der Waals surface area contributed by atoms with E-state index < -0.39 is 0 Å². The van der Waals surface area contributed by atoms with Crippen molar-refractivity contribution in [3.8, 4) is 0 Å². The summed E-state index contributed by atoms with van der Waals surface area (Å²) in [6.07, 6.45) is 2.24. The van der Waals surface area contributed by atoms with Gasteiger partial charge in [-0.05, 0) is 24.5 Å². The van der Waals surface area contributed by atoms with Crippen LogP contribution in [-0.4, -0.2) is 22.5 Å². The van der Waals surface area contributed by atoms with Crippen molar-refractivity contribution in [2.75, 3.05) is 6.54 Å². The first-order chi connectivity index (χ1) is 11.1. The summed E-state index contributed by atoms with van der Waals surface area (Å²) in [5, 5.41) is 4.82. The average Bonchev–Trinajstić information content (AvgIpc) is 3.17. The number of amides is 1. The number of nitrogens with zero attached hydrogens (tertiary/aromatic N) is 2. The lowest BCUT2D eigenvalue weighted by Gasteiger charge is -2.23. The second-order valence-electron chi connectivity index (χ2n) is 6.32. The van der Waals surface area contributed by atoms with Crippen LogP contribution in [0.4, 0.5) is 0 Å². The van der Waals surface area contributed by atoms with Crippen LogP contribution < -0.4 is 0 Å². The van der Waals surface area contributed by atoms with E-state index in [1.807, 2.05) is 35.2 Å². The highest BCUT2D eigenvalue weighted by Gasteiger charge is 2.32. The summed E-state index contributed by atoms with van der Waals surface area (Å²) in [5.74, 6) is 1.25. The highest BCUT2D eigenvalue weighted by Crippen LogP contribution is 2.33. The lowest BCUT2D eigenvalue weighted by Crippen LogP contribution is -2.32. The number of carbonyl (C=O) groups excluding carboxylic acids is 1. The minimum atomic E-state index is 0.0150. The second-order valence-corrected chi connectivity index (χ2v) is 6.73. The average molecular weight is 333 g/mol. The van der Waals surface area contributed by atoms with Crippen LogP contribution in [0.2, 0.25) is 5.02 Å². The van der Waals surface area contributed by atoms with Gasteiger partial charge >= 0.3 is 0 Å². The molecule has 0 saturated carbocycles. The van der Waals surface area contributed by atoms with Crippen LogP contribution in [-0.2, 0) is 11.2 Å². The maximum atomic E-state index is 12.7. The van der Waals surface area contributed by atoms with Gasteiger partial charge in [-0.1, -0.05) is 48.8 Å². The topological polar surface area (TPSA) is 46.3 Å². The van der Waals surface area contributed by atoms with Gasteiger partial charge in [-0.2, -0.15) is 0 Å². The molecule has 1 aliphatic rings. The summed E-state index contributed by atoms with van der Waals surface area (Å²) < 4.78 is 5.39. The summed E-state index contributed by atoms with van der Waals surface area (Å²) >= 11 is 6.17. The number of likely N-dealkylation sites (tertiary alicyclic amines) is 1. The lowest BCUT2D eigenvalue weighted by molar-refractivity contribution is -0.131. The number of benzene rings is 1. The molecule has 1 amide bonds. The molecule has 4 nitrogen and oxygen atoms in total. The largest absolute Gasteiger partial charge is 0.361 e. The van der Waals surface area contributed by atoms with Gasteiger partial charge in [-0.15, -0.1) is 0 Å². The minimum absolute atomic E-state index is 0.0150. The molecule has 122 valence electrons. The first kappa shape index (κ1) is 16.1. The van der Waals surface area contributed by atoms with Crippen LogP contribution in [0.3, 0.4) is 0 Å². The molecule has 0 bridgehead atoms. The first-order valence-electron chi connectivity index (χ1n) is 8.05. The third-order valence-electron chi connectivity index (χ3n) is 4.33. The molecular formula is C18H21ClN2O2. The van der Waals surface area contributed by atoms with E-state index in [0.717, 1.165) is 36.4 Å². The molecule has 1 aromatic carbocycles. The zero-order valence-electron chi connectivity index (χ0n) is 13.5. The van der Waals surface area contributed by atoms with Crippen molar-refractivity contribution >= 4 is 17.5 Å². The standard InChI is InChI=1S/C18H21ClN2O2/c1-12(2)17-11-15(20-23-17)16-8-5-9-21(16)18(22)10-13-6-3-4-7-14(13)19/h3-4,6-7,11-12,16H,5,8-10H2,1-2H3/t16-/m0/s1. The molecule has 0 radical (unpaired) electrons. The Labute approximate surface area is 141 Å². The zero-order chi connectivity index (χ0) is 16.4. The number of carbonyl (C=O) groups is 1. The predicted molar refractivity (Wildman–Crippen MR) is 89.4 cm³/mol. The van der Waals surface area contributed by atoms with Gasteiger partial charge < -0.3 is 9.42 Å². The number of rotatable bonds is 4. The molecule has 0 aliphatic carbocycles. The molecule has 1 aliphatic heterocycles. The monoisotopic (exact) mass is 332 g/mol. The lowest BCUT2D eigenvalue weighted by atomic mass is 10.1. The van der Waals surface area contributed by atoms with Crippen LogP contribution in [0, 0.1) is 0 Å². The minimum Gasteiger partial charge on any atom is -0.361 e. The Kier molecular flexibility index (Phi) is 4.71. The van der Waals surface area contributed by atoms with Crippen LogP contribution in [0.25, 0.3) is 0 Å². The van der Waals surface area contributed by atoms with Crippen LogP contribution in [0.1, 0.15) is 55.7 Å². The van der Waals surface area contributed by atoms with Crippen LogP contribution >= 0.6 is 11.6 Å². The van der Waals surface area contributed by atoms with Crippen molar-refractivity contribution in [3.05, 3.63) is 52.4 Å². The predicted octanol–water partition coefficient (Wildman–Crippen LogP) is 4.36. The smallest absolute Gasteiger partial charge is 0.227 e. The van der Waals surface area contributed by atoms with Gasteiger partial charge in [-0.25, -0.2) is 0 Å². The van der Waals surface area contributed by atoms with Crippen molar-refractivity contribution in [3.63, 3.8) is 0 Å². The Morgan fingerprint density at radius 3 is 2.91 bits per heavy atom. The van der Waals surface area contributed by atoms with Crippen molar-refractivity contribution in [2.45, 2.75) is 45.1 Å². The van der Waals surface area contributed by atoms with Crippen LogP contribution in [0.15, 0.2) is 34.9 Å². The molecular weight excluding hydrogens is 312 g/mol. The number of hydrogen-bond acceptors (Lipinski definition) is 3. The number of aromatic nitrogens is 1. The van der Waals surface area contributed by atoms with E-state index in [1.54, 1.807) is 0 Å². The third kappa shape index (κ3) is 3.42. The van der Waals surface area contributed by atoms with Gasteiger partial charge in [0.2, 0.25) is 5.91 Å². The molecule has 1 fully saturated rings. The number of halogens is 1. The molecule has 3 rings (SSSR count). The fourth-order valence-corrected chi connectivity index (χ4v) is 3.21. The normalized spacial score (nSPS) is 17.9. The maximum absolute atomic E-state index is 12.7. The van der Waals surface area contributed by atoms with Gasteiger partial charge in [0.1, 0.15) is 11.5 Å². The Morgan fingerprint density at radius 2 is 2.22 bits per heavy atom. The van der Waals surface area contributed by atoms with Crippen molar-refractivity contribution < 1.29 is 9.32 Å². The van der Waals surface area contributed by atoms with Gasteiger partial charge in [0, 0.05) is 23.6 Å². The molecule has 1 aromatic heterocycles. The van der Waals surface area contributed by atoms with Gasteiger partial charge in [0.05, 0.1) is 12.5 Å². The Balaban J connectivity index is 1.75. The fraction of sp³-hybridized carbons (Fsp3) is 0.444. The summed E-state index contributed by atoms with van der Waals surface area (Å²) in [7, 11) is 0. The van der Waals surface area contributed by atoms with Crippen molar-refractivity contribution in [2.24, 2.45) is 0 Å². The van der Waals surface area contributed by atoms with E-state index >= 15 is 0 Å². The molecule has 23 heavy (non-hydrogen) atoms.